The Morgan fingerprint density at radius 2 is 1.62 bits per heavy atom. The van der Waals surface area contributed by atoms with Gasteiger partial charge in [0.05, 0.1) is 6.54 Å². The van der Waals surface area contributed by atoms with E-state index in [1.165, 1.54) is 16.8 Å². The second-order valence-corrected chi connectivity index (χ2v) is 7.35. The first-order chi connectivity index (χ1) is 13.8. The molecule has 158 valence electrons. The lowest BCUT2D eigenvalue weighted by molar-refractivity contribution is 0.249. The predicted octanol–water partition coefficient (Wildman–Crippen LogP) is 3.83. The van der Waals surface area contributed by atoms with Crippen LogP contribution in [0.15, 0.2) is 59.6 Å². The fraction of sp³-hybridized carbons (Fsp3) is 0.435. The van der Waals surface area contributed by atoms with Gasteiger partial charge in [0.15, 0.2) is 5.96 Å². The van der Waals surface area contributed by atoms with Crippen molar-refractivity contribution in [2.45, 2.75) is 32.9 Å². The van der Waals surface area contributed by atoms with Crippen LogP contribution in [0.25, 0.3) is 0 Å². The molecule has 5 nitrogen and oxygen atoms in total. The van der Waals surface area contributed by atoms with Crippen LogP contribution in [0, 0.1) is 0 Å². The molecule has 0 saturated carbocycles. The van der Waals surface area contributed by atoms with Crippen molar-refractivity contribution in [1.82, 2.24) is 10.2 Å². The number of nitrogens with zero attached hydrogens (tertiary/aromatic N) is 3. The molecule has 1 aliphatic rings. The van der Waals surface area contributed by atoms with E-state index >= 15 is 0 Å². The second-order valence-electron chi connectivity index (χ2n) is 7.35. The fourth-order valence-electron chi connectivity index (χ4n) is 3.53. The van der Waals surface area contributed by atoms with Gasteiger partial charge in [0, 0.05) is 45.0 Å². The topological polar surface area (TPSA) is 56.9 Å². The average molecular weight is 507 g/mol. The Morgan fingerprint density at radius 1 is 0.966 bits per heavy atom. The molecule has 0 unspecified atom stereocenters. The van der Waals surface area contributed by atoms with Gasteiger partial charge in [-0.15, -0.1) is 24.0 Å². The van der Waals surface area contributed by atoms with E-state index in [0.29, 0.717) is 12.5 Å². The number of piperazine rings is 1. The molecular weight excluding hydrogens is 473 g/mol. The number of hydrogen-bond acceptors (Lipinski definition) is 3. The Labute approximate surface area is 192 Å². The highest BCUT2D eigenvalue weighted by atomic mass is 127. The van der Waals surface area contributed by atoms with E-state index in [4.69, 9.17) is 5.73 Å². The summed E-state index contributed by atoms with van der Waals surface area (Å²) in [6.45, 7) is 8.95. The van der Waals surface area contributed by atoms with Gasteiger partial charge in [0.1, 0.15) is 0 Å². The Balaban J connectivity index is 0.00000300. The minimum Gasteiger partial charge on any atom is -0.370 e. The zero-order chi connectivity index (χ0) is 19.6. The smallest absolute Gasteiger partial charge is 0.188 e. The van der Waals surface area contributed by atoms with E-state index in [2.05, 4.69) is 81.6 Å². The molecule has 0 bridgehead atoms. The number of unbranched alkanes of at least 4 members (excludes halogenated alkanes) is 1. The van der Waals surface area contributed by atoms with Crippen LogP contribution in [0.5, 0.6) is 0 Å². The first-order valence-electron chi connectivity index (χ1n) is 10.4. The molecule has 0 amide bonds. The van der Waals surface area contributed by atoms with E-state index in [1.807, 2.05) is 0 Å². The van der Waals surface area contributed by atoms with Crippen molar-refractivity contribution in [1.29, 1.82) is 0 Å². The number of benzene rings is 2. The lowest BCUT2D eigenvalue weighted by Gasteiger charge is -2.36. The van der Waals surface area contributed by atoms with Crippen LogP contribution in [0.4, 0.5) is 5.69 Å². The van der Waals surface area contributed by atoms with Crippen LogP contribution < -0.4 is 16.0 Å². The summed E-state index contributed by atoms with van der Waals surface area (Å²) in [6, 6.07) is 19.3. The zero-order valence-electron chi connectivity index (χ0n) is 17.4. The van der Waals surface area contributed by atoms with Crippen molar-refractivity contribution in [2.75, 3.05) is 37.6 Å². The second kappa shape index (κ2) is 12.7. The van der Waals surface area contributed by atoms with Gasteiger partial charge in [-0.05, 0) is 29.7 Å². The highest BCUT2D eigenvalue weighted by Gasteiger charge is 2.18. The van der Waals surface area contributed by atoms with Gasteiger partial charge in [0.25, 0.3) is 0 Å². The maximum absolute atomic E-state index is 5.99. The van der Waals surface area contributed by atoms with E-state index in [1.54, 1.807) is 0 Å². The van der Waals surface area contributed by atoms with Crippen molar-refractivity contribution in [3.8, 4) is 0 Å². The number of aliphatic imine (C=N–C) groups is 1. The SMILES string of the molecule is CCCCNC(N)=NCc1ccccc1CN1CCN(c2ccccc2)CC1.I. The molecule has 1 saturated heterocycles. The molecule has 3 N–H and O–H groups in total. The molecule has 2 aromatic rings. The number of hydrogen-bond donors (Lipinski definition) is 2. The molecule has 0 radical (unpaired) electrons. The normalized spacial score (nSPS) is 15.1. The molecule has 2 aromatic carbocycles. The Morgan fingerprint density at radius 3 is 2.31 bits per heavy atom. The van der Waals surface area contributed by atoms with Crippen LogP contribution >= 0.6 is 24.0 Å². The van der Waals surface area contributed by atoms with Crippen LogP contribution in [0.1, 0.15) is 30.9 Å². The Bertz CT molecular complexity index is 742. The van der Waals surface area contributed by atoms with Crippen molar-refractivity contribution in [2.24, 2.45) is 10.7 Å². The maximum Gasteiger partial charge on any atom is 0.188 e. The Kier molecular flexibility index (Phi) is 10.3. The van der Waals surface area contributed by atoms with E-state index in [9.17, 15) is 0 Å². The van der Waals surface area contributed by atoms with Crippen LogP contribution in [-0.4, -0.2) is 43.6 Å². The van der Waals surface area contributed by atoms with Crippen LogP contribution in [-0.2, 0) is 13.1 Å². The molecule has 6 heteroatoms. The molecule has 29 heavy (non-hydrogen) atoms. The molecule has 3 rings (SSSR count). The molecule has 0 atom stereocenters. The highest BCUT2D eigenvalue weighted by Crippen LogP contribution is 2.18. The number of nitrogens with one attached hydrogen (secondary N) is 1. The van der Waals surface area contributed by atoms with Gasteiger partial charge >= 0.3 is 0 Å². The van der Waals surface area contributed by atoms with Gasteiger partial charge in [0.2, 0.25) is 0 Å². The summed E-state index contributed by atoms with van der Waals surface area (Å²) in [5.74, 6) is 0.541. The molecule has 1 aliphatic heterocycles. The summed E-state index contributed by atoms with van der Waals surface area (Å²) in [6.07, 6.45) is 2.27. The van der Waals surface area contributed by atoms with Crippen molar-refractivity contribution >= 4 is 35.6 Å². The van der Waals surface area contributed by atoms with Crippen LogP contribution in [0.2, 0.25) is 0 Å². The Hall–Kier alpha value is -1.80. The van der Waals surface area contributed by atoms with E-state index < -0.39 is 0 Å². The number of halogens is 1. The summed E-state index contributed by atoms with van der Waals surface area (Å²) >= 11 is 0. The molecule has 0 aliphatic carbocycles. The summed E-state index contributed by atoms with van der Waals surface area (Å²) in [7, 11) is 0. The van der Waals surface area contributed by atoms with Crippen LogP contribution in [0.3, 0.4) is 0 Å². The third-order valence-corrected chi connectivity index (χ3v) is 5.26. The largest absolute Gasteiger partial charge is 0.370 e. The van der Waals surface area contributed by atoms with Crippen molar-refractivity contribution < 1.29 is 0 Å². The highest BCUT2D eigenvalue weighted by molar-refractivity contribution is 14.0. The summed E-state index contributed by atoms with van der Waals surface area (Å²) < 4.78 is 0. The number of guanidine groups is 1. The van der Waals surface area contributed by atoms with Gasteiger partial charge in [-0.3, -0.25) is 4.90 Å². The van der Waals surface area contributed by atoms with Crippen molar-refractivity contribution in [3.63, 3.8) is 0 Å². The van der Waals surface area contributed by atoms with E-state index in [-0.39, 0.29) is 24.0 Å². The zero-order valence-corrected chi connectivity index (χ0v) is 19.7. The van der Waals surface area contributed by atoms with Gasteiger partial charge in [-0.2, -0.15) is 0 Å². The van der Waals surface area contributed by atoms with Gasteiger partial charge < -0.3 is 16.0 Å². The third-order valence-electron chi connectivity index (χ3n) is 5.26. The molecular formula is C23H34IN5. The monoisotopic (exact) mass is 507 g/mol. The standard InChI is InChI=1S/C23H33N5.HI/c1-2-3-13-25-23(24)26-18-20-9-7-8-10-21(20)19-27-14-16-28(17-15-27)22-11-5-4-6-12-22;/h4-12H,2-3,13-19H2,1H3,(H3,24,25,26);1H. The van der Waals surface area contributed by atoms with Gasteiger partial charge in [-0.25, -0.2) is 4.99 Å². The average Bonchev–Trinajstić information content (AvgIpc) is 2.74. The lowest BCUT2D eigenvalue weighted by Crippen LogP contribution is -2.46. The first kappa shape index (κ1) is 23.5. The van der Waals surface area contributed by atoms with E-state index in [0.717, 1.165) is 52.1 Å². The molecule has 1 heterocycles. The fourth-order valence-corrected chi connectivity index (χ4v) is 3.53. The minimum atomic E-state index is 0. The number of nitrogens with two attached hydrogens (primary N) is 1. The summed E-state index contributed by atoms with van der Waals surface area (Å²) in [5, 5.41) is 3.19. The predicted molar refractivity (Wildman–Crippen MR) is 134 cm³/mol. The maximum atomic E-state index is 5.99. The lowest BCUT2D eigenvalue weighted by atomic mass is 10.1. The quantitative estimate of drug-likeness (QED) is 0.247. The number of anilines is 1. The number of rotatable bonds is 8. The molecule has 1 fully saturated rings. The van der Waals surface area contributed by atoms with Gasteiger partial charge in [-0.1, -0.05) is 55.8 Å². The number of para-hydroxylation sites is 1. The third kappa shape index (κ3) is 7.51. The summed E-state index contributed by atoms with van der Waals surface area (Å²) in [4.78, 5) is 9.53. The van der Waals surface area contributed by atoms with Crippen molar-refractivity contribution in [3.05, 3.63) is 65.7 Å². The minimum absolute atomic E-state index is 0. The molecule has 0 aromatic heterocycles. The first-order valence-corrected chi connectivity index (χ1v) is 10.4. The summed E-state index contributed by atoms with van der Waals surface area (Å²) in [5.41, 5.74) is 9.92. The molecule has 0 spiro atoms.